The van der Waals surface area contributed by atoms with Crippen LogP contribution in [0.4, 0.5) is 0 Å². The Morgan fingerprint density at radius 1 is 1.31 bits per heavy atom. The van der Waals surface area contributed by atoms with E-state index in [0.29, 0.717) is 12.8 Å². The first-order chi connectivity index (χ1) is 12.4. The average molecular weight is 357 g/mol. The largest absolute Gasteiger partial charge is 0.480 e. The van der Waals surface area contributed by atoms with Gasteiger partial charge in [0.25, 0.3) is 0 Å². The normalized spacial score (nSPS) is 19.0. The Bertz CT molecular complexity index is 842. The quantitative estimate of drug-likeness (QED) is 0.730. The first-order valence-electron chi connectivity index (χ1n) is 8.74. The van der Waals surface area contributed by atoms with E-state index in [1.807, 2.05) is 44.3 Å². The summed E-state index contributed by atoms with van der Waals surface area (Å²) in [6.45, 7) is 3.58. The van der Waals surface area contributed by atoms with Crippen LogP contribution in [0.3, 0.4) is 0 Å². The predicted molar refractivity (Wildman–Crippen MR) is 96.5 cm³/mol. The Hall–Kier alpha value is -2.83. The second-order valence-corrected chi connectivity index (χ2v) is 7.13. The van der Waals surface area contributed by atoms with Gasteiger partial charge < -0.3 is 20.3 Å². The molecule has 2 amide bonds. The van der Waals surface area contributed by atoms with E-state index in [0.717, 1.165) is 16.5 Å². The third-order valence-corrected chi connectivity index (χ3v) is 4.69. The first kappa shape index (κ1) is 18.0. The lowest BCUT2D eigenvalue weighted by atomic mass is 9.98. The zero-order chi connectivity index (χ0) is 18.8. The molecular formula is C19H23N3O4. The summed E-state index contributed by atoms with van der Waals surface area (Å²) < 4.78 is 0. The van der Waals surface area contributed by atoms with Crippen LogP contribution in [-0.2, 0) is 20.8 Å². The summed E-state index contributed by atoms with van der Waals surface area (Å²) >= 11 is 0. The fourth-order valence-corrected chi connectivity index (χ4v) is 3.46. The van der Waals surface area contributed by atoms with Crippen LogP contribution in [-0.4, -0.2) is 51.4 Å². The highest BCUT2D eigenvalue weighted by Gasteiger charge is 2.39. The summed E-state index contributed by atoms with van der Waals surface area (Å²) in [7, 11) is 0. The Morgan fingerprint density at radius 2 is 2.04 bits per heavy atom. The smallest absolute Gasteiger partial charge is 0.326 e. The van der Waals surface area contributed by atoms with Gasteiger partial charge in [0.15, 0.2) is 0 Å². The molecule has 138 valence electrons. The zero-order valence-electron chi connectivity index (χ0n) is 14.9. The fraction of sp³-hybridized carbons (Fsp3) is 0.421. The van der Waals surface area contributed by atoms with Gasteiger partial charge >= 0.3 is 5.97 Å². The topological polar surface area (TPSA) is 102 Å². The third kappa shape index (κ3) is 3.56. The number of aromatic amines is 1. The SMILES string of the molecule is CC(C)CC(C(=O)O)N1CC(=O)NC(Cc2c[nH]c3ccccc23)C1=O. The van der Waals surface area contributed by atoms with E-state index in [2.05, 4.69) is 10.3 Å². The third-order valence-electron chi connectivity index (χ3n) is 4.69. The van der Waals surface area contributed by atoms with Crippen LogP contribution in [0.5, 0.6) is 0 Å². The number of nitrogens with one attached hydrogen (secondary N) is 2. The number of fused-ring (bicyclic) bond motifs is 1. The van der Waals surface area contributed by atoms with Crippen molar-refractivity contribution in [3.8, 4) is 0 Å². The van der Waals surface area contributed by atoms with Crippen molar-refractivity contribution < 1.29 is 19.5 Å². The number of carbonyl (C=O) groups is 3. The Labute approximate surface area is 151 Å². The van der Waals surface area contributed by atoms with Crippen LogP contribution in [0, 0.1) is 5.92 Å². The van der Waals surface area contributed by atoms with E-state index in [9.17, 15) is 19.5 Å². The second kappa shape index (κ2) is 7.19. The minimum Gasteiger partial charge on any atom is -0.480 e. The van der Waals surface area contributed by atoms with Gasteiger partial charge in [-0.1, -0.05) is 32.0 Å². The van der Waals surface area contributed by atoms with Gasteiger partial charge in [-0.15, -0.1) is 0 Å². The standard InChI is InChI=1S/C19H23N3O4/c1-11(2)7-16(19(25)26)22-10-17(23)21-15(18(22)24)8-12-9-20-14-6-4-3-5-13(12)14/h3-6,9,11,15-16,20H,7-8,10H2,1-2H3,(H,21,23)(H,25,26). The molecule has 2 heterocycles. The molecule has 1 fully saturated rings. The van der Waals surface area contributed by atoms with Gasteiger partial charge in [0.2, 0.25) is 11.8 Å². The number of benzene rings is 1. The lowest BCUT2D eigenvalue weighted by Gasteiger charge is -2.36. The lowest BCUT2D eigenvalue weighted by Crippen LogP contribution is -2.62. The zero-order valence-corrected chi connectivity index (χ0v) is 14.9. The van der Waals surface area contributed by atoms with E-state index in [1.54, 1.807) is 0 Å². The van der Waals surface area contributed by atoms with Crippen LogP contribution in [0.1, 0.15) is 25.8 Å². The van der Waals surface area contributed by atoms with Gasteiger partial charge in [-0.25, -0.2) is 4.79 Å². The Kier molecular flexibility index (Phi) is 4.97. The first-order valence-corrected chi connectivity index (χ1v) is 8.74. The second-order valence-electron chi connectivity index (χ2n) is 7.13. The molecule has 0 aliphatic carbocycles. The number of rotatable bonds is 6. The van der Waals surface area contributed by atoms with Gasteiger partial charge in [0.05, 0.1) is 0 Å². The number of aliphatic carboxylic acids is 1. The number of carbonyl (C=O) groups excluding carboxylic acids is 2. The van der Waals surface area contributed by atoms with Crippen molar-refractivity contribution >= 4 is 28.7 Å². The van der Waals surface area contributed by atoms with Gasteiger partial charge in [-0.05, 0) is 24.0 Å². The van der Waals surface area contributed by atoms with Gasteiger partial charge in [-0.2, -0.15) is 0 Å². The maximum atomic E-state index is 12.9. The summed E-state index contributed by atoms with van der Waals surface area (Å²) in [6.07, 6.45) is 2.46. The molecule has 0 bridgehead atoms. The molecule has 1 aliphatic rings. The van der Waals surface area contributed by atoms with Crippen molar-refractivity contribution in [1.82, 2.24) is 15.2 Å². The van der Waals surface area contributed by atoms with Crippen LogP contribution >= 0.6 is 0 Å². The van der Waals surface area contributed by atoms with Crippen molar-refractivity contribution in [3.05, 3.63) is 36.0 Å². The molecule has 0 saturated carbocycles. The van der Waals surface area contributed by atoms with E-state index in [1.165, 1.54) is 4.90 Å². The number of piperazine rings is 1. The summed E-state index contributed by atoms with van der Waals surface area (Å²) in [6, 6.07) is 5.98. The molecular weight excluding hydrogens is 334 g/mol. The van der Waals surface area contributed by atoms with Gasteiger partial charge in [0.1, 0.15) is 18.6 Å². The highest BCUT2D eigenvalue weighted by Crippen LogP contribution is 2.22. The van der Waals surface area contributed by atoms with Crippen LogP contribution in [0.2, 0.25) is 0 Å². The van der Waals surface area contributed by atoms with E-state index >= 15 is 0 Å². The summed E-state index contributed by atoms with van der Waals surface area (Å²) in [5.41, 5.74) is 1.87. The molecule has 2 atom stereocenters. The molecule has 0 spiro atoms. The van der Waals surface area contributed by atoms with Crippen LogP contribution in [0.25, 0.3) is 10.9 Å². The molecule has 3 N–H and O–H groups in total. The van der Waals surface area contributed by atoms with Crippen molar-refractivity contribution in [2.75, 3.05) is 6.54 Å². The number of para-hydroxylation sites is 1. The van der Waals surface area contributed by atoms with Crippen molar-refractivity contribution in [2.24, 2.45) is 5.92 Å². The molecule has 1 aromatic heterocycles. The minimum absolute atomic E-state index is 0.0981. The molecule has 2 unspecified atom stereocenters. The fourth-order valence-electron chi connectivity index (χ4n) is 3.46. The summed E-state index contributed by atoms with van der Waals surface area (Å²) in [5.74, 6) is -1.65. The number of hydrogen-bond donors (Lipinski definition) is 3. The average Bonchev–Trinajstić information content (AvgIpc) is 2.98. The van der Waals surface area contributed by atoms with Gasteiger partial charge in [0, 0.05) is 23.5 Å². The molecule has 2 aromatic rings. The minimum atomic E-state index is -1.08. The summed E-state index contributed by atoms with van der Waals surface area (Å²) in [5, 5.41) is 13.2. The molecule has 1 aromatic carbocycles. The number of carboxylic acid groups (broad SMARTS) is 1. The monoisotopic (exact) mass is 357 g/mol. The maximum absolute atomic E-state index is 12.9. The number of H-pyrrole nitrogens is 1. The molecule has 26 heavy (non-hydrogen) atoms. The number of hydrogen-bond acceptors (Lipinski definition) is 3. The molecule has 1 saturated heterocycles. The van der Waals surface area contributed by atoms with E-state index in [-0.39, 0.29) is 24.3 Å². The molecule has 1 aliphatic heterocycles. The number of carboxylic acids is 1. The lowest BCUT2D eigenvalue weighted by molar-refractivity contribution is -0.156. The highest BCUT2D eigenvalue weighted by molar-refractivity contribution is 5.97. The van der Waals surface area contributed by atoms with Gasteiger partial charge in [-0.3, -0.25) is 9.59 Å². The highest BCUT2D eigenvalue weighted by atomic mass is 16.4. The van der Waals surface area contributed by atoms with Crippen LogP contribution < -0.4 is 5.32 Å². The van der Waals surface area contributed by atoms with Crippen molar-refractivity contribution in [1.29, 1.82) is 0 Å². The maximum Gasteiger partial charge on any atom is 0.326 e. The number of amides is 2. The molecule has 0 radical (unpaired) electrons. The van der Waals surface area contributed by atoms with E-state index < -0.39 is 18.1 Å². The predicted octanol–water partition coefficient (Wildman–Crippen LogP) is 1.54. The summed E-state index contributed by atoms with van der Waals surface area (Å²) in [4.78, 5) is 41.0. The Balaban J connectivity index is 1.84. The molecule has 7 nitrogen and oxygen atoms in total. The molecule has 3 rings (SSSR count). The Morgan fingerprint density at radius 3 is 2.73 bits per heavy atom. The van der Waals surface area contributed by atoms with Crippen molar-refractivity contribution in [3.63, 3.8) is 0 Å². The van der Waals surface area contributed by atoms with Crippen molar-refractivity contribution in [2.45, 2.75) is 38.8 Å². The van der Waals surface area contributed by atoms with Crippen LogP contribution in [0.15, 0.2) is 30.5 Å². The van der Waals surface area contributed by atoms with E-state index in [4.69, 9.17) is 0 Å². The number of aromatic nitrogens is 1. The molecule has 7 heteroatoms. The number of nitrogens with zero attached hydrogens (tertiary/aromatic N) is 1.